The molecule has 0 aromatic rings. The van der Waals surface area contributed by atoms with Crippen LogP contribution in [0.2, 0.25) is 0 Å². The molecule has 50 valence electrons. The van der Waals surface area contributed by atoms with Gasteiger partial charge in [0.2, 0.25) is 0 Å². The predicted octanol–water partition coefficient (Wildman–Crippen LogP) is 1.58. The summed E-state index contributed by atoms with van der Waals surface area (Å²) in [5.41, 5.74) is 4.79. The molecule has 0 aliphatic carbocycles. The van der Waals surface area contributed by atoms with Crippen LogP contribution in [0.25, 0.3) is 0 Å². The van der Waals surface area contributed by atoms with E-state index in [0.717, 1.165) is 0 Å². The maximum absolute atomic E-state index is 4.79. The average Bonchev–Trinajstić information content (AvgIpc) is 1.91. The van der Waals surface area contributed by atoms with E-state index < -0.39 is 0 Å². The van der Waals surface area contributed by atoms with Crippen LogP contribution in [0.5, 0.6) is 0 Å². The second-order valence-corrected chi connectivity index (χ2v) is 1.82. The van der Waals surface area contributed by atoms with Crippen LogP contribution in [0, 0.1) is 12.3 Å². The minimum Gasteiger partial charge on any atom is -0.320 e. The third-order valence-electron chi connectivity index (χ3n) is 0.310. The van der Waals surface area contributed by atoms with Crippen LogP contribution in [0.15, 0.2) is 24.0 Å². The molecule has 0 heterocycles. The van der Waals surface area contributed by atoms with Gasteiger partial charge in [-0.05, 0) is 10.8 Å². The Bertz CT molecular complexity index is 96.0. The van der Waals surface area contributed by atoms with Crippen LogP contribution in [0.4, 0.5) is 0 Å². The number of nitrogens with two attached hydrogens (primary N) is 1. The zero-order chi connectivity index (χ0) is 7.54. The highest BCUT2D eigenvalue weighted by Gasteiger charge is 1.52. The van der Waals surface area contributed by atoms with E-state index >= 15 is 0 Å². The molecule has 0 aromatic carbocycles. The quantitative estimate of drug-likeness (QED) is 0.591. The molecule has 0 aliphatic rings. The van der Waals surface area contributed by atoms with E-state index in [-0.39, 0.29) is 0 Å². The summed E-state index contributed by atoms with van der Waals surface area (Å²) in [5.74, 6) is 2.21. The number of terminal acetylenes is 1. The van der Waals surface area contributed by atoms with Crippen LogP contribution in [-0.2, 0) is 0 Å². The lowest BCUT2D eigenvalue weighted by Crippen LogP contribution is -1.91. The SMILES string of the molecule is C#CCN.C=CSC=C. The summed E-state index contributed by atoms with van der Waals surface area (Å²) in [6, 6.07) is 0. The van der Waals surface area contributed by atoms with Gasteiger partial charge in [0.15, 0.2) is 0 Å². The molecule has 0 saturated carbocycles. The lowest BCUT2D eigenvalue weighted by atomic mass is 10.7. The highest BCUT2D eigenvalue weighted by molar-refractivity contribution is 8.04. The Labute approximate surface area is 61.0 Å². The molecule has 0 spiro atoms. The van der Waals surface area contributed by atoms with Crippen molar-refractivity contribution in [1.29, 1.82) is 0 Å². The standard InChI is InChI=1S/C4H6S.C3H5N/c1-3-5-4-2;1-2-3-4/h3-4H,1-2H2;1H,3-4H2. The van der Waals surface area contributed by atoms with Gasteiger partial charge in [0.1, 0.15) is 0 Å². The molecule has 0 aromatic heterocycles. The van der Waals surface area contributed by atoms with E-state index in [2.05, 4.69) is 25.5 Å². The summed E-state index contributed by atoms with van der Waals surface area (Å²) < 4.78 is 0. The molecule has 0 fully saturated rings. The van der Waals surface area contributed by atoms with Crippen molar-refractivity contribution in [3.8, 4) is 12.3 Å². The number of hydrogen-bond donors (Lipinski definition) is 1. The van der Waals surface area contributed by atoms with Crippen molar-refractivity contribution in [1.82, 2.24) is 0 Å². The summed E-state index contributed by atoms with van der Waals surface area (Å²) in [5, 5.41) is 3.46. The number of hydrogen-bond acceptors (Lipinski definition) is 2. The van der Waals surface area contributed by atoms with Gasteiger partial charge in [0.25, 0.3) is 0 Å². The smallest absolute Gasteiger partial charge is 0.0548 e. The Kier molecular flexibility index (Phi) is 19.5. The van der Waals surface area contributed by atoms with E-state index in [0.29, 0.717) is 6.54 Å². The molecule has 0 saturated heterocycles. The molecule has 1 nitrogen and oxygen atoms in total. The van der Waals surface area contributed by atoms with Gasteiger partial charge in [-0.2, -0.15) is 0 Å². The Morgan fingerprint density at radius 1 is 1.56 bits per heavy atom. The summed E-state index contributed by atoms with van der Waals surface area (Å²) >= 11 is 1.49. The maximum atomic E-state index is 4.79. The average molecular weight is 141 g/mol. The van der Waals surface area contributed by atoms with Crippen LogP contribution < -0.4 is 5.73 Å². The van der Waals surface area contributed by atoms with Gasteiger partial charge in [-0.15, -0.1) is 18.2 Å². The van der Waals surface area contributed by atoms with Crippen molar-refractivity contribution in [2.75, 3.05) is 6.54 Å². The summed E-state index contributed by atoms with van der Waals surface area (Å²) in [6.45, 7) is 7.23. The van der Waals surface area contributed by atoms with Gasteiger partial charge < -0.3 is 5.73 Å². The second kappa shape index (κ2) is 15.7. The van der Waals surface area contributed by atoms with E-state index in [9.17, 15) is 0 Å². The highest BCUT2D eigenvalue weighted by atomic mass is 32.2. The minimum absolute atomic E-state index is 0.347. The van der Waals surface area contributed by atoms with Gasteiger partial charge in [0.05, 0.1) is 6.54 Å². The molecule has 0 radical (unpaired) electrons. The largest absolute Gasteiger partial charge is 0.320 e. The summed E-state index contributed by atoms with van der Waals surface area (Å²) in [6.07, 6.45) is 4.65. The van der Waals surface area contributed by atoms with Crippen LogP contribution in [0.1, 0.15) is 0 Å². The molecule has 0 bridgehead atoms. The molecule has 2 heteroatoms. The van der Waals surface area contributed by atoms with Crippen molar-refractivity contribution < 1.29 is 0 Å². The van der Waals surface area contributed by atoms with Gasteiger partial charge in [-0.1, -0.05) is 19.1 Å². The second-order valence-electron chi connectivity index (χ2n) is 0.878. The molecule has 0 rings (SSSR count). The normalized spacial score (nSPS) is 5.78. The fraction of sp³-hybridized carbons (Fsp3) is 0.143. The molecular formula is C7H11NS. The van der Waals surface area contributed by atoms with E-state index in [1.165, 1.54) is 11.8 Å². The first-order chi connectivity index (χ1) is 4.33. The Morgan fingerprint density at radius 2 is 1.89 bits per heavy atom. The first-order valence-corrected chi connectivity index (χ1v) is 3.28. The first kappa shape index (κ1) is 11.2. The third kappa shape index (κ3) is 38.1. The fourth-order valence-electron chi connectivity index (χ4n) is 0.0680. The van der Waals surface area contributed by atoms with Crippen LogP contribution >= 0.6 is 11.8 Å². The Morgan fingerprint density at radius 3 is 1.89 bits per heavy atom. The van der Waals surface area contributed by atoms with E-state index in [4.69, 9.17) is 5.73 Å². The highest BCUT2D eigenvalue weighted by Crippen LogP contribution is 1.96. The Hall–Kier alpha value is -0.650. The van der Waals surface area contributed by atoms with Crippen LogP contribution in [-0.4, -0.2) is 6.54 Å². The van der Waals surface area contributed by atoms with Gasteiger partial charge in [0, 0.05) is 0 Å². The topological polar surface area (TPSA) is 26.0 Å². The zero-order valence-electron chi connectivity index (χ0n) is 5.34. The molecule has 2 N–H and O–H groups in total. The fourth-order valence-corrected chi connectivity index (χ4v) is 0.204. The van der Waals surface area contributed by atoms with Crippen molar-refractivity contribution in [2.24, 2.45) is 5.73 Å². The number of rotatable bonds is 2. The lowest BCUT2D eigenvalue weighted by molar-refractivity contribution is 1.30. The third-order valence-corrected chi connectivity index (χ3v) is 0.695. The molecule has 0 aliphatic heterocycles. The predicted molar refractivity (Wildman–Crippen MR) is 45.9 cm³/mol. The molecule has 0 amide bonds. The van der Waals surface area contributed by atoms with Crippen molar-refractivity contribution >= 4 is 11.8 Å². The van der Waals surface area contributed by atoms with E-state index in [1.54, 1.807) is 10.8 Å². The lowest BCUT2D eigenvalue weighted by Gasteiger charge is -1.65. The molecule has 0 unspecified atom stereocenters. The Balaban J connectivity index is 0. The van der Waals surface area contributed by atoms with Crippen LogP contribution in [0.3, 0.4) is 0 Å². The molecular weight excluding hydrogens is 130 g/mol. The van der Waals surface area contributed by atoms with Gasteiger partial charge in [-0.25, -0.2) is 0 Å². The first-order valence-electron chi connectivity index (χ1n) is 2.34. The van der Waals surface area contributed by atoms with Gasteiger partial charge >= 0.3 is 0 Å². The molecule has 0 atom stereocenters. The van der Waals surface area contributed by atoms with E-state index in [1.807, 2.05) is 0 Å². The maximum Gasteiger partial charge on any atom is 0.0548 e. The van der Waals surface area contributed by atoms with Gasteiger partial charge in [-0.3, -0.25) is 0 Å². The van der Waals surface area contributed by atoms with Crippen molar-refractivity contribution in [3.05, 3.63) is 24.0 Å². The van der Waals surface area contributed by atoms with Crippen molar-refractivity contribution in [2.45, 2.75) is 0 Å². The van der Waals surface area contributed by atoms with Crippen molar-refractivity contribution in [3.63, 3.8) is 0 Å². The summed E-state index contributed by atoms with van der Waals surface area (Å²) in [4.78, 5) is 0. The number of thioether (sulfide) groups is 1. The zero-order valence-corrected chi connectivity index (χ0v) is 6.16. The minimum atomic E-state index is 0.347. The molecule has 9 heavy (non-hydrogen) atoms. The monoisotopic (exact) mass is 141 g/mol. The summed E-state index contributed by atoms with van der Waals surface area (Å²) in [7, 11) is 0.